The summed E-state index contributed by atoms with van der Waals surface area (Å²) >= 11 is 1.05. The lowest BCUT2D eigenvalue weighted by Crippen LogP contribution is -2.14. The summed E-state index contributed by atoms with van der Waals surface area (Å²) in [5.74, 6) is -0.196. The molecule has 0 amide bonds. The number of anilines is 1. The zero-order valence-electron chi connectivity index (χ0n) is 11.0. The average Bonchev–Trinajstić information content (AvgIpc) is 2.91. The number of halogens is 1. The second-order valence-corrected chi connectivity index (χ2v) is 7.04. The second kappa shape index (κ2) is 4.78. The molecule has 1 aromatic carbocycles. The van der Waals surface area contributed by atoms with E-state index in [1.54, 1.807) is 6.92 Å². The summed E-state index contributed by atoms with van der Waals surface area (Å²) in [6, 6.07) is 4.07. The van der Waals surface area contributed by atoms with Crippen molar-refractivity contribution in [3.05, 3.63) is 35.5 Å². The van der Waals surface area contributed by atoms with Crippen LogP contribution in [0.15, 0.2) is 27.6 Å². The van der Waals surface area contributed by atoms with Crippen molar-refractivity contribution in [2.24, 2.45) is 0 Å². The third-order valence-electron chi connectivity index (χ3n) is 2.81. The minimum absolute atomic E-state index is 0.00654. The zero-order chi connectivity index (χ0) is 15.2. The predicted molar refractivity (Wildman–Crippen MR) is 76.4 cm³/mol. The molecule has 0 bridgehead atoms. The van der Waals surface area contributed by atoms with Gasteiger partial charge in [0.1, 0.15) is 11.5 Å². The Morgan fingerprint density at radius 1 is 1.33 bits per heavy atom. The van der Waals surface area contributed by atoms with E-state index < -0.39 is 15.8 Å². The lowest BCUT2D eigenvalue weighted by atomic mass is 10.3. The number of nitrogens with one attached hydrogen (secondary N) is 1. The van der Waals surface area contributed by atoms with E-state index >= 15 is 0 Å². The van der Waals surface area contributed by atoms with Crippen LogP contribution in [0, 0.1) is 19.7 Å². The molecule has 21 heavy (non-hydrogen) atoms. The molecule has 0 saturated carbocycles. The van der Waals surface area contributed by atoms with Gasteiger partial charge < -0.3 is 4.52 Å². The van der Waals surface area contributed by atoms with Gasteiger partial charge in [-0.05, 0) is 32.0 Å². The van der Waals surface area contributed by atoms with Crippen LogP contribution in [0.1, 0.15) is 11.5 Å². The van der Waals surface area contributed by atoms with Crippen LogP contribution in [0.25, 0.3) is 10.2 Å². The van der Waals surface area contributed by atoms with Crippen LogP contribution < -0.4 is 4.72 Å². The quantitative estimate of drug-likeness (QED) is 0.799. The van der Waals surface area contributed by atoms with Gasteiger partial charge in [0.05, 0.1) is 10.2 Å². The van der Waals surface area contributed by atoms with Crippen molar-refractivity contribution in [1.82, 2.24) is 10.1 Å². The van der Waals surface area contributed by atoms with Crippen LogP contribution in [-0.4, -0.2) is 18.6 Å². The highest BCUT2D eigenvalue weighted by Gasteiger charge is 2.25. The van der Waals surface area contributed by atoms with E-state index in [9.17, 15) is 12.8 Å². The highest BCUT2D eigenvalue weighted by atomic mass is 32.2. The third kappa shape index (κ3) is 2.49. The molecule has 0 saturated heterocycles. The number of aryl methyl sites for hydroxylation is 2. The summed E-state index contributed by atoms with van der Waals surface area (Å²) in [5, 5.41) is 3.78. The van der Waals surface area contributed by atoms with E-state index in [1.165, 1.54) is 25.1 Å². The number of sulfonamides is 1. The number of nitrogens with zero attached hydrogens (tertiary/aromatic N) is 2. The molecule has 0 atom stereocenters. The monoisotopic (exact) mass is 327 g/mol. The topological polar surface area (TPSA) is 85.1 Å². The summed E-state index contributed by atoms with van der Waals surface area (Å²) in [4.78, 5) is 4.11. The summed E-state index contributed by atoms with van der Waals surface area (Å²) in [7, 11) is -3.84. The number of hydrogen-bond donors (Lipinski definition) is 1. The maximum Gasteiger partial charge on any atom is 0.269 e. The average molecular weight is 327 g/mol. The first-order chi connectivity index (χ1) is 9.87. The number of fused-ring (bicyclic) bond motifs is 1. The van der Waals surface area contributed by atoms with Crippen molar-refractivity contribution in [2.45, 2.75) is 18.7 Å². The Labute approximate surface area is 123 Å². The van der Waals surface area contributed by atoms with Crippen molar-refractivity contribution in [3.8, 4) is 0 Å². The van der Waals surface area contributed by atoms with Gasteiger partial charge in [-0.1, -0.05) is 16.5 Å². The highest BCUT2D eigenvalue weighted by molar-refractivity contribution is 7.93. The van der Waals surface area contributed by atoms with Gasteiger partial charge in [-0.15, -0.1) is 0 Å². The zero-order valence-corrected chi connectivity index (χ0v) is 12.7. The largest absolute Gasteiger partial charge is 0.360 e. The molecule has 110 valence electrons. The van der Waals surface area contributed by atoms with Crippen LogP contribution in [-0.2, 0) is 10.0 Å². The Bertz CT molecular complexity index is 911. The van der Waals surface area contributed by atoms with E-state index in [-0.39, 0.29) is 21.5 Å². The molecule has 6 nitrogen and oxygen atoms in total. The molecule has 0 spiro atoms. The molecule has 0 aliphatic carbocycles. The van der Waals surface area contributed by atoms with E-state index in [4.69, 9.17) is 4.52 Å². The molecule has 0 radical (unpaired) electrons. The number of aromatic nitrogens is 2. The van der Waals surface area contributed by atoms with Crippen molar-refractivity contribution >= 4 is 36.7 Å². The minimum atomic E-state index is -3.84. The highest BCUT2D eigenvalue weighted by Crippen LogP contribution is 2.29. The molecule has 9 heteroatoms. The third-order valence-corrected chi connectivity index (χ3v) is 5.45. The number of rotatable bonds is 3. The number of benzene rings is 1. The SMILES string of the molecule is Cc1noc(C)c1S(=O)(=O)Nc1nc2ccc(F)cc2s1. The Kier molecular flexibility index (Phi) is 3.18. The molecule has 2 aromatic heterocycles. The van der Waals surface area contributed by atoms with E-state index in [1.807, 2.05) is 0 Å². The van der Waals surface area contributed by atoms with Gasteiger partial charge in [-0.25, -0.2) is 17.8 Å². The van der Waals surface area contributed by atoms with Gasteiger partial charge >= 0.3 is 0 Å². The summed E-state index contributed by atoms with van der Waals surface area (Å²) in [6.45, 7) is 3.06. The molecule has 2 heterocycles. The molecule has 0 unspecified atom stereocenters. The van der Waals surface area contributed by atoms with Crippen molar-refractivity contribution in [3.63, 3.8) is 0 Å². The fraction of sp³-hybridized carbons (Fsp3) is 0.167. The number of hydrogen-bond acceptors (Lipinski definition) is 6. The van der Waals surface area contributed by atoms with Gasteiger partial charge in [0.15, 0.2) is 15.8 Å². The Hall–Kier alpha value is -2.00. The summed E-state index contributed by atoms with van der Waals surface area (Å²) in [5.41, 5.74) is 0.796. The summed E-state index contributed by atoms with van der Waals surface area (Å²) < 4.78 is 45.6. The second-order valence-electron chi connectivity index (χ2n) is 4.39. The Balaban J connectivity index is 2.01. The lowest BCUT2D eigenvalue weighted by Gasteiger charge is -2.03. The van der Waals surface area contributed by atoms with Gasteiger partial charge in [0.25, 0.3) is 10.0 Å². The Morgan fingerprint density at radius 2 is 2.10 bits per heavy atom. The molecule has 3 rings (SSSR count). The molecule has 0 fully saturated rings. The lowest BCUT2D eigenvalue weighted by molar-refractivity contribution is 0.390. The van der Waals surface area contributed by atoms with Gasteiger partial charge in [0.2, 0.25) is 0 Å². The van der Waals surface area contributed by atoms with E-state index in [2.05, 4.69) is 14.9 Å². The first-order valence-corrected chi connectivity index (χ1v) is 8.18. The maximum atomic E-state index is 13.1. The molecule has 1 N–H and O–H groups in total. The molecule has 0 aliphatic heterocycles. The first-order valence-electron chi connectivity index (χ1n) is 5.88. The first kappa shape index (κ1) is 14.0. The molecular weight excluding hydrogens is 317 g/mol. The van der Waals surface area contributed by atoms with Gasteiger partial charge in [-0.2, -0.15) is 0 Å². The maximum absolute atomic E-state index is 13.1. The van der Waals surface area contributed by atoms with Crippen LogP contribution >= 0.6 is 11.3 Å². The fourth-order valence-corrected chi connectivity index (χ4v) is 4.42. The van der Waals surface area contributed by atoms with Crippen LogP contribution in [0.5, 0.6) is 0 Å². The van der Waals surface area contributed by atoms with Crippen molar-refractivity contribution in [1.29, 1.82) is 0 Å². The Morgan fingerprint density at radius 3 is 2.76 bits per heavy atom. The van der Waals surface area contributed by atoms with Crippen LogP contribution in [0.3, 0.4) is 0 Å². The smallest absolute Gasteiger partial charge is 0.269 e. The van der Waals surface area contributed by atoms with Crippen LogP contribution in [0.2, 0.25) is 0 Å². The van der Waals surface area contributed by atoms with Crippen molar-refractivity contribution < 1.29 is 17.3 Å². The van der Waals surface area contributed by atoms with E-state index in [0.29, 0.717) is 10.2 Å². The van der Waals surface area contributed by atoms with Crippen LogP contribution in [0.4, 0.5) is 9.52 Å². The molecule has 3 aromatic rings. The van der Waals surface area contributed by atoms with Gasteiger partial charge in [-0.3, -0.25) is 4.72 Å². The fourth-order valence-electron chi connectivity index (χ4n) is 1.97. The van der Waals surface area contributed by atoms with Crippen molar-refractivity contribution in [2.75, 3.05) is 4.72 Å². The standard InChI is InChI=1S/C12H10FN3O3S2/c1-6-11(7(2)19-15-6)21(17,18)16-12-14-9-4-3-8(13)5-10(9)20-12/h3-5H,1-2H3,(H,14,16). The summed E-state index contributed by atoms with van der Waals surface area (Å²) in [6.07, 6.45) is 0. The van der Waals surface area contributed by atoms with E-state index in [0.717, 1.165) is 11.3 Å². The minimum Gasteiger partial charge on any atom is -0.360 e. The van der Waals surface area contributed by atoms with Gasteiger partial charge in [0, 0.05) is 0 Å². The molecule has 0 aliphatic rings. The normalized spacial score (nSPS) is 12.0. The predicted octanol–water partition coefficient (Wildman–Crippen LogP) is 2.84. The molecular formula is C12H10FN3O3S2. The number of thiazole rings is 1.